The van der Waals surface area contributed by atoms with Gasteiger partial charge in [0.25, 0.3) is 0 Å². The normalized spacial score (nSPS) is 11.2. The molecule has 0 unspecified atom stereocenters. The van der Waals surface area contributed by atoms with Gasteiger partial charge in [0.15, 0.2) is 5.78 Å². The van der Waals surface area contributed by atoms with E-state index < -0.39 is 21.6 Å². The Labute approximate surface area is 213 Å². The average molecular weight is 519 g/mol. The number of hydrogen-bond acceptors (Lipinski definition) is 6. The van der Waals surface area contributed by atoms with Crippen molar-refractivity contribution in [2.24, 2.45) is 10.9 Å². The van der Waals surface area contributed by atoms with Gasteiger partial charge in [-0.25, -0.2) is 17.9 Å². The van der Waals surface area contributed by atoms with Gasteiger partial charge < -0.3 is 16.2 Å². The van der Waals surface area contributed by atoms with Crippen LogP contribution in [0, 0.1) is 11.2 Å². The van der Waals surface area contributed by atoms with Crippen LogP contribution >= 0.6 is 0 Å². The van der Waals surface area contributed by atoms with Crippen LogP contribution in [-0.2, 0) is 16.4 Å². The van der Waals surface area contributed by atoms with Crippen molar-refractivity contribution in [2.45, 2.75) is 11.3 Å². The standard InChI is InChI=1S/C27H23FN4O4S/c28-23-14-16(21-6-1-2-7-26(21)37(32,34)35)8-10-22(23)24(33)15-18-12-19(29)9-11-25(18)36-20-5-3-4-17(13-20)27(30)31/h1-14H,15,29H2,(H3,30,31)(H2,32,34,35). The van der Waals surface area contributed by atoms with Gasteiger partial charge in [0.05, 0.1) is 10.5 Å². The number of ether oxygens (including phenoxy) is 1. The molecule has 0 saturated heterocycles. The summed E-state index contributed by atoms with van der Waals surface area (Å²) in [6.45, 7) is 0. The van der Waals surface area contributed by atoms with E-state index in [-0.39, 0.29) is 33.8 Å². The predicted molar refractivity (Wildman–Crippen MR) is 140 cm³/mol. The number of rotatable bonds is 8. The van der Waals surface area contributed by atoms with Gasteiger partial charge in [-0.2, -0.15) is 0 Å². The Hall–Kier alpha value is -4.54. The maximum Gasteiger partial charge on any atom is 0.238 e. The summed E-state index contributed by atoms with van der Waals surface area (Å²) < 4.78 is 44.8. The molecule has 8 nitrogen and oxygen atoms in total. The molecule has 0 atom stereocenters. The number of hydrogen-bond donors (Lipinski definition) is 4. The molecule has 0 radical (unpaired) electrons. The average Bonchev–Trinajstić information content (AvgIpc) is 2.85. The second-order valence-corrected chi connectivity index (χ2v) is 9.78. The van der Waals surface area contributed by atoms with E-state index in [4.69, 9.17) is 26.8 Å². The summed E-state index contributed by atoms with van der Waals surface area (Å²) >= 11 is 0. The van der Waals surface area contributed by atoms with Gasteiger partial charge in [0.1, 0.15) is 23.2 Å². The number of carbonyl (C=O) groups is 1. The summed E-state index contributed by atoms with van der Waals surface area (Å²) in [6.07, 6.45) is -0.212. The fourth-order valence-corrected chi connectivity index (χ4v) is 4.58. The zero-order chi connectivity index (χ0) is 26.7. The van der Waals surface area contributed by atoms with Crippen molar-refractivity contribution in [1.82, 2.24) is 0 Å². The van der Waals surface area contributed by atoms with Gasteiger partial charge in [0.2, 0.25) is 10.0 Å². The number of nitrogens with one attached hydrogen (secondary N) is 1. The van der Waals surface area contributed by atoms with E-state index >= 15 is 4.39 Å². The highest BCUT2D eigenvalue weighted by Gasteiger charge is 2.19. The predicted octanol–water partition coefficient (Wildman–Crippen LogP) is 4.22. The van der Waals surface area contributed by atoms with E-state index in [9.17, 15) is 13.2 Å². The fourth-order valence-electron chi connectivity index (χ4n) is 3.82. The topological polar surface area (TPSA) is 162 Å². The largest absolute Gasteiger partial charge is 0.457 e. The molecule has 37 heavy (non-hydrogen) atoms. The molecule has 0 amide bonds. The van der Waals surface area contributed by atoms with Gasteiger partial charge in [-0.05, 0) is 54.1 Å². The summed E-state index contributed by atoms with van der Waals surface area (Å²) in [5.41, 5.74) is 13.1. The summed E-state index contributed by atoms with van der Waals surface area (Å²) in [6, 6.07) is 21.2. The number of nitrogens with two attached hydrogens (primary N) is 3. The highest BCUT2D eigenvalue weighted by Crippen LogP contribution is 2.31. The molecule has 0 aliphatic rings. The Morgan fingerprint density at radius 3 is 2.41 bits per heavy atom. The summed E-state index contributed by atoms with van der Waals surface area (Å²) in [4.78, 5) is 12.9. The molecule has 4 aromatic rings. The van der Waals surface area contributed by atoms with E-state index in [1.165, 1.54) is 30.3 Å². The third-order valence-electron chi connectivity index (χ3n) is 5.58. The molecule has 0 saturated carbocycles. The molecule has 4 rings (SSSR count). The van der Waals surface area contributed by atoms with E-state index in [1.54, 1.807) is 48.5 Å². The summed E-state index contributed by atoms with van der Waals surface area (Å²) in [7, 11) is -4.04. The zero-order valence-electron chi connectivity index (χ0n) is 19.4. The number of halogens is 1. The van der Waals surface area contributed by atoms with Gasteiger partial charge in [0, 0.05) is 28.8 Å². The number of carbonyl (C=O) groups excluding carboxylic acids is 1. The minimum absolute atomic E-state index is 0.122. The molecule has 188 valence electrons. The molecule has 0 heterocycles. The van der Waals surface area contributed by atoms with Gasteiger partial charge in [-0.15, -0.1) is 0 Å². The van der Waals surface area contributed by atoms with E-state index in [1.807, 2.05) is 0 Å². The second-order valence-electron chi connectivity index (χ2n) is 8.25. The van der Waals surface area contributed by atoms with E-state index in [0.717, 1.165) is 6.07 Å². The van der Waals surface area contributed by atoms with Crippen LogP contribution in [0.3, 0.4) is 0 Å². The SMILES string of the molecule is N=C(N)c1cccc(Oc2ccc(N)cc2CC(=O)c2ccc(-c3ccccc3S(N)(=O)=O)cc2F)c1. The Morgan fingerprint density at radius 1 is 0.946 bits per heavy atom. The number of amidine groups is 1. The molecule has 0 aliphatic heterocycles. The van der Waals surface area contributed by atoms with Gasteiger partial charge >= 0.3 is 0 Å². The smallest absolute Gasteiger partial charge is 0.238 e. The molecule has 0 bridgehead atoms. The molecule has 4 aromatic carbocycles. The quantitative estimate of drug-likeness (QED) is 0.118. The first-order valence-electron chi connectivity index (χ1n) is 11.0. The number of benzene rings is 4. The van der Waals surface area contributed by atoms with Crippen molar-refractivity contribution in [2.75, 3.05) is 5.73 Å². The number of sulfonamides is 1. The van der Waals surface area contributed by atoms with Crippen LogP contribution in [0.5, 0.6) is 11.5 Å². The first kappa shape index (κ1) is 25.5. The van der Waals surface area contributed by atoms with E-state index in [0.29, 0.717) is 28.3 Å². The fraction of sp³-hybridized carbons (Fsp3) is 0.0370. The van der Waals surface area contributed by atoms with Crippen LogP contribution in [0.2, 0.25) is 0 Å². The minimum atomic E-state index is -4.04. The van der Waals surface area contributed by atoms with Crippen LogP contribution in [0.4, 0.5) is 10.1 Å². The first-order chi connectivity index (χ1) is 17.5. The number of nitrogen functional groups attached to an aromatic ring is 2. The van der Waals surface area contributed by atoms with Crippen molar-refractivity contribution in [3.05, 3.63) is 107 Å². The van der Waals surface area contributed by atoms with E-state index in [2.05, 4.69) is 0 Å². The Kier molecular flexibility index (Phi) is 7.05. The lowest BCUT2D eigenvalue weighted by Crippen LogP contribution is -2.13. The maximum absolute atomic E-state index is 15.1. The monoisotopic (exact) mass is 518 g/mol. The van der Waals surface area contributed by atoms with Gasteiger partial charge in [-0.1, -0.05) is 36.4 Å². The van der Waals surface area contributed by atoms with Crippen molar-refractivity contribution in [1.29, 1.82) is 5.41 Å². The molecule has 10 heteroatoms. The molecule has 0 fully saturated rings. The summed E-state index contributed by atoms with van der Waals surface area (Å²) in [5.74, 6) is -0.731. The third-order valence-corrected chi connectivity index (χ3v) is 6.55. The molecular weight excluding hydrogens is 495 g/mol. The summed E-state index contributed by atoms with van der Waals surface area (Å²) in [5, 5.41) is 12.9. The molecule has 0 aromatic heterocycles. The van der Waals surface area contributed by atoms with Crippen molar-refractivity contribution in [3.63, 3.8) is 0 Å². The van der Waals surface area contributed by atoms with Crippen LogP contribution in [0.25, 0.3) is 11.1 Å². The Morgan fingerprint density at radius 2 is 1.70 bits per heavy atom. The number of ketones is 1. The minimum Gasteiger partial charge on any atom is -0.457 e. The number of Topliss-reactive ketones (excluding diaryl/α,β-unsaturated/α-hetero) is 1. The Balaban J connectivity index is 1.63. The van der Waals surface area contributed by atoms with Crippen LogP contribution in [0.15, 0.2) is 89.8 Å². The van der Waals surface area contributed by atoms with Crippen molar-refractivity contribution >= 4 is 27.3 Å². The van der Waals surface area contributed by atoms with Crippen LogP contribution in [0.1, 0.15) is 21.5 Å². The lowest BCUT2D eigenvalue weighted by molar-refractivity contribution is 0.0988. The maximum atomic E-state index is 15.1. The highest BCUT2D eigenvalue weighted by atomic mass is 32.2. The lowest BCUT2D eigenvalue weighted by atomic mass is 9.98. The molecule has 7 N–H and O–H groups in total. The van der Waals surface area contributed by atoms with Gasteiger partial charge in [-0.3, -0.25) is 10.2 Å². The highest BCUT2D eigenvalue weighted by molar-refractivity contribution is 7.89. The molecule has 0 spiro atoms. The van der Waals surface area contributed by atoms with Crippen molar-refractivity contribution < 1.29 is 22.3 Å². The second kappa shape index (κ2) is 10.2. The third kappa shape index (κ3) is 5.83. The molecule has 0 aliphatic carbocycles. The lowest BCUT2D eigenvalue weighted by Gasteiger charge is -2.13. The van der Waals surface area contributed by atoms with Crippen LogP contribution < -0.4 is 21.3 Å². The zero-order valence-corrected chi connectivity index (χ0v) is 20.3. The van der Waals surface area contributed by atoms with Crippen molar-refractivity contribution in [3.8, 4) is 22.6 Å². The Bertz CT molecular complexity index is 1640. The van der Waals surface area contributed by atoms with Crippen LogP contribution in [-0.4, -0.2) is 20.0 Å². The first-order valence-corrected chi connectivity index (χ1v) is 12.5. The molecular formula is C27H23FN4O4S. The number of primary sulfonamides is 1. The number of anilines is 1.